The molecule has 16 nitrogen and oxygen atoms in total. The molecule has 2 fully saturated rings. The Bertz CT molecular complexity index is 2900. The number of para-hydroxylation sites is 2. The van der Waals surface area contributed by atoms with Crippen molar-refractivity contribution in [3.8, 4) is 11.5 Å². The number of nitrogens with zero attached hydrogens (tertiary/aromatic N) is 2. The summed E-state index contributed by atoms with van der Waals surface area (Å²) in [5.74, 6) is -2.53. The number of carboxylic acid groups (broad SMARTS) is 1. The van der Waals surface area contributed by atoms with Crippen molar-refractivity contribution >= 4 is 80.6 Å². The van der Waals surface area contributed by atoms with Crippen LogP contribution in [0.25, 0.3) is 0 Å². The topological polar surface area (TPSA) is 205 Å². The van der Waals surface area contributed by atoms with Crippen LogP contribution in [0.2, 0.25) is 10.0 Å². The summed E-state index contributed by atoms with van der Waals surface area (Å²) in [5, 5.41) is 19.8. The molecule has 0 bridgehead atoms. The van der Waals surface area contributed by atoms with Gasteiger partial charge in [-0.25, -0.2) is 13.6 Å². The molecule has 0 saturated carbocycles. The largest absolute Gasteiger partial charge is 0.494 e. The number of benzene rings is 4. The van der Waals surface area contributed by atoms with Gasteiger partial charge in [0.1, 0.15) is 39.9 Å². The number of amides is 1. The predicted molar refractivity (Wildman–Crippen MR) is 234 cm³/mol. The lowest BCUT2D eigenvalue weighted by Gasteiger charge is -2.43. The third-order valence-corrected chi connectivity index (χ3v) is 11.2. The van der Waals surface area contributed by atoms with Gasteiger partial charge in [0.2, 0.25) is 0 Å². The number of carbonyl (C=O) groups excluding carboxylic acids is 1. The molecule has 2 aliphatic heterocycles. The fourth-order valence-corrected chi connectivity index (χ4v) is 7.50. The van der Waals surface area contributed by atoms with E-state index in [-0.39, 0.29) is 78.9 Å². The van der Waals surface area contributed by atoms with E-state index in [4.69, 9.17) is 37.4 Å². The number of hydrogen-bond donors (Lipinski definition) is 5. The second-order valence-electron chi connectivity index (χ2n) is 14.1. The van der Waals surface area contributed by atoms with Gasteiger partial charge in [-0.05, 0) is 48.5 Å². The van der Waals surface area contributed by atoms with Crippen molar-refractivity contribution in [2.45, 2.75) is 6.04 Å². The number of anilines is 8. The van der Waals surface area contributed by atoms with Crippen molar-refractivity contribution < 1.29 is 37.7 Å². The van der Waals surface area contributed by atoms with Gasteiger partial charge in [0, 0.05) is 26.2 Å². The molecule has 0 spiro atoms. The molecule has 1 atom stereocenters. The molecule has 0 aliphatic carbocycles. The number of nitrogens with one attached hydrogen (secondary N) is 4. The summed E-state index contributed by atoms with van der Waals surface area (Å²) in [5.41, 5.74) is -2.48. The van der Waals surface area contributed by atoms with Gasteiger partial charge in [-0.2, -0.15) is 0 Å². The maximum atomic E-state index is 13.8. The van der Waals surface area contributed by atoms with E-state index in [1.54, 1.807) is 23.1 Å². The van der Waals surface area contributed by atoms with Gasteiger partial charge in [-0.15, -0.1) is 0 Å². The first-order valence-corrected chi connectivity index (χ1v) is 19.8. The molecule has 2 saturated heterocycles. The Kier molecular flexibility index (Phi) is 13.1. The Morgan fingerprint density at radius 2 is 1.08 bits per heavy atom. The van der Waals surface area contributed by atoms with Crippen LogP contribution in [0.3, 0.4) is 0 Å². The zero-order chi connectivity index (χ0) is 45.1. The highest BCUT2D eigenvalue weighted by molar-refractivity contribution is 6.34. The van der Waals surface area contributed by atoms with Crippen LogP contribution in [0.15, 0.2) is 92.0 Å². The third kappa shape index (κ3) is 8.78. The van der Waals surface area contributed by atoms with Crippen molar-refractivity contribution in [1.82, 2.24) is 9.80 Å². The average Bonchev–Trinajstić information content (AvgIpc) is 3.30. The summed E-state index contributed by atoms with van der Waals surface area (Å²) >= 11 is 11.8. The number of morpholine rings is 1. The minimum atomic E-state index is -1.22. The first kappa shape index (κ1) is 44.2. The number of carboxylic acids is 1. The minimum absolute atomic E-state index is 0.00668. The molecule has 326 valence electrons. The normalized spacial score (nSPS) is 14.9. The number of ether oxygens (including phenoxy) is 3. The first-order chi connectivity index (χ1) is 30.2. The summed E-state index contributed by atoms with van der Waals surface area (Å²) in [6, 6.07) is 17.5. The molecule has 6 aromatic rings. The minimum Gasteiger partial charge on any atom is -0.494 e. The quantitative estimate of drug-likeness (QED) is 0.0895. The molecule has 0 radical (unpaired) electrons. The van der Waals surface area contributed by atoms with E-state index in [1.165, 1.54) is 62.8 Å². The van der Waals surface area contributed by atoms with Crippen LogP contribution in [0.5, 0.6) is 11.5 Å². The van der Waals surface area contributed by atoms with E-state index in [2.05, 4.69) is 26.2 Å². The van der Waals surface area contributed by atoms with Crippen molar-refractivity contribution in [2.24, 2.45) is 0 Å². The molecule has 2 heterocycles. The van der Waals surface area contributed by atoms with Crippen LogP contribution >= 0.6 is 23.2 Å². The first-order valence-electron chi connectivity index (χ1n) is 19.0. The molecular formula is C43H36Cl2F2N6O10. The molecule has 1 amide bonds. The monoisotopic (exact) mass is 904 g/mol. The van der Waals surface area contributed by atoms with Crippen LogP contribution in [0.4, 0.5) is 54.3 Å². The number of fused-ring (bicyclic) bond motifs is 1. The smallest absolute Gasteiger partial charge is 0.339 e. The second-order valence-corrected chi connectivity index (χ2v) is 14.9. The highest BCUT2D eigenvalue weighted by Crippen LogP contribution is 2.37. The Morgan fingerprint density at radius 3 is 1.56 bits per heavy atom. The zero-order valence-corrected chi connectivity index (χ0v) is 34.8. The van der Waals surface area contributed by atoms with Crippen molar-refractivity contribution in [3.05, 3.63) is 146 Å². The highest BCUT2D eigenvalue weighted by Gasteiger charge is 2.34. The predicted octanol–water partition coefficient (Wildman–Crippen LogP) is 6.00. The lowest BCUT2D eigenvalue weighted by Crippen LogP contribution is -2.59. The highest BCUT2D eigenvalue weighted by atomic mass is 35.5. The molecule has 0 aromatic heterocycles. The summed E-state index contributed by atoms with van der Waals surface area (Å²) in [4.78, 5) is 77.3. The van der Waals surface area contributed by atoms with Crippen LogP contribution in [0.1, 0.15) is 20.7 Å². The number of hydrogen-bond acceptors (Lipinski definition) is 14. The van der Waals surface area contributed by atoms with E-state index in [0.717, 1.165) is 19.2 Å². The fraction of sp³-hybridized carbons (Fsp3) is 0.209. The molecule has 20 heteroatoms. The van der Waals surface area contributed by atoms with E-state index < -0.39 is 39.3 Å². The molecule has 63 heavy (non-hydrogen) atoms. The SMILES string of the molecule is COc1c(Nc2c(Nc3cccc(F)c3Cl)c(=O)c2=O)cccc1C(=O)N1CCN2CCOCC2C1.COc1c(Nc2c(Nc3cccc(F)c3Cl)c(=O)c2=O)cccc1C(=O)O. The number of methoxy groups -OCH3 is 2. The van der Waals surface area contributed by atoms with Crippen LogP contribution in [-0.4, -0.2) is 86.4 Å². The van der Waals surface area contributed by atoms with Crippen molar-refractivity contribution in [2.75, 3.05) is 74.9 Å². The number of halogens is 4. The number of carbonyl (C=O) groups is 2. The third-order valence-electron chi connectivity index (χ3n) is 10.4. The number of rotatable bonds is 12. The molecule has 2 aliphatic rings. The van der Waals surface area contributed by atoms with Gasteiger partial charge in [-0.1, -0.05) is 47.5 Å². The lowest BCUT2D eigenvalue weighted by atomic mass is 10.1. The van der Waals surface area contributed by atoms with E-state index in [0.29, 0.717) is 37.6 Å². The van der Waals surface area contributed by atoms with Gasteiger partial charge in [0.05, 0.1) is 71.8 Å². The average molecular weight is 906 g/mol. The van der Waals surface area contributed by atoms with Crippen molar-refractivity contribution in [1.29, 1.82) is 0 Å². The van der Waals surface area contributed by atoms with Gasteiger partial charge >= 0.3 is 5.97 Å². The number of piperazine rings is 1. The molecule has 6 aromatic carbocycles. The van der Waals surface area contributed by atoms with Gasteiger partial charge in [0.15, 0.2) is 11.5 Å². The maximum absolute atomic E-state index is 13.8. The van der Waals surface area contributed by atoms with Crippen LogP contribution in [-0.2, 0) is 4.74 Å². The maximum Gasteiger partial charge on any atom is 0.339 e. The summed E-state index contributed by atoms with van der Waals surface area (Å²) < 4.78 is 43.6. The molecular weight excluding hydrogens is 869 g/mol. The molecule has 5 N–H and O–H groups in total. The molecule has 1 unspecified atom stereocenters. The Balaban J connectivity index is 0.000000197. The Labute approximate surface area is 365 Å². The van der Waals surface area contributed by atoms with E-state index in [1.807, 2.05) is 0 Å². The van der Waals surface area contributed by atoms with Gasteiger partial charge in [-0.3, -0.25) is 28.9 Å². The van der Waals surface area contributed by atoms with Crippen LogP contribution < -0.4 is 52.5 Å². The fourth-order valence-electron chi connectivity index (χ4n) is 7.15. The summed E-state index contributed by atoms with van der Waals surface area (Å²) in [7, 11) is 2.71. The summed E-state index contributed by atoms with van der Waals surface area (Å²) in [6.45, 7) is 4.02. The van der Waals surface area contributed by atoms with Crippen LogP contribution in [0, 0.1) is 11.6 Å². The van der Waals surface area contributed by atoms with E-state index in [9.17, 15) is 42.7 Å². The van der Waals surface area contributed by atoms with Gasteiger partial charge in [0.25, 0.3) is 27.6 Å². The van der Waals surface area contributed by atoms with Gasteiger partial charge < -0.3 is 45.5 Å². The zero-order valence-electron chi connectivity index (χ0n) is 33.3. The van der Waals surface area contributed by atoms with Crippen molar-refractivity contribution in [3.63, 3.8) is 0 Å². The summed E-state index contributed by atoms with van der Waals surface area (Å²) in [6.07, 6.45) is 0. The lowest BCUT2D eigenvalue weighted by molar-refractivity contribution is -0.0395. The second kappa shape index (κ2) is 18.6. The Hall–Kier alpha value is -6.86. The number of aromatic carboxylic acids is 1. The van der Waals surface area contributed by atoms with E-state index >= 15 is 0 Å². The standard InChI is InChI=1S/C25H24ClFN4O5.C18H12ClFN2O5/c1-35-24-15(25(34)31-9-8-30-10-11-36-13-14(30)12-31)4-2-7-18(24)29-21-20(22(32)23(21)33)28-17-6-3-5-16(27)19(17)26;1-27-17-8(18(25)26)4-2-7-11(17)22-14-13(15(23)16(14)24)21-10-6-3-5-9(20)12(10)19/h2-7,14,28-29H,8-13H2,1H3;2-7,21-22H,1H3,(H,25,26). The Morgan fingerprint density at radius 1 is 0.651 bits per heavy atom. The molecule has 8 rings (SSSR count).